The van der Waals surface area contributed by atoms with Gasteiger partial charge in [-0.05, 0) is 32.6 Å². The lowest BCUT2D eigenvalue weighted by Gasteiger charge is -2.31. The lowest BCUT2D eigenvalue weighted by Crippen LogP contribution is -2.42. The molecule has 0 N–H and O–H groups in total. The van der Waals surface area contributed by atoms with Crippen molar-refractivity contribution in [2.24, 2.45) is 0 Å². The molecule has 0 unspecified atom stereocenters. The molecule has 0 aromatic carbocycles. The highest BCUT2D eigenvalue weighted by atomic mass is 35.5. The molecule has 0 aliphatic carbocycles. The Bertz CT molecular complexity index is 342. The summed E-state index contributed by atoms with van der Waals surface area (Å²) in [5, 5.41) is 0. The van der Waals surface area contributed by atoms with Gasteiger partial charge in [-0.1, -0.05) is 0 Å². The number of nitrogens with zero attached hydrogens (tertiary/aromatic N) is 1. The summed E-state index contributed by atoms with van der Waals surface area (Å²) in [5.41, 5.74) is 0. The quantitative estimate of drug-likeness (QED) is 0.454. The first kappa shape index (κ1) is 18.2. The molecule has 1 aliphatic rings. The Kier molecular flexibility index (Phi) is 9.04. The van der Waals surface area contributed by atoms with Crippen LogP contribution in [0.25, 0.3) is 0 Å². The summed E-state index contributed by atoms with van der Waals surface area (Å²) in [6.07, 6.45) is 3.07. The van der Waals surface area contributed by atoms with Gasteiger partial charge in [0.2, 0.25) is 10.0 Å². The minimum absolute atomic E-state index is 0.157. The van der Waals surface area contributed by atoms with Crippen molar-refractivity contribution in [3.63, 3.8) is 0 Å². The number of rotatable bonds is 10. The number of unbranched alkanes of at least 4 members (excludes halogenated alkanes) is 1. The first-order chi connectivity index (χ1) is 9.60. The fraction of sp³-hybridized carbons (Fsp3) is 1.00. The number of hydrogen-bond acceptors (Lipinski definition) is 4. The number of halogens is 1. The van der Waals surface area contributed by atoms with E-state index in [1.807, 2.05) is 6.92 Å². The molecule has 5 nitrogen and oxygen atoms in total. The fourth-order valence-electron chi connectivity index (χ4n) is 2.20. The predicted octanol–water partition coefficient (Wildman–Crippen LogP) is 1.85. The second kappa shape index (κ2) is 9.95. The zero-order chi connectivity index (χ0) is 14.8. The number of alkyl halides is 1. The van der Waals surface area contributed by atoms with Crippen LogP contribution in [0.4, 0.5) is 0 Å². The average molecular weight is 328 g/mol. The highest BCUT2D eigenvalue weighted by Gasteiger charge is 2.27. The zero-order valence-corrected chi connectivity index (χ0v) is 13.8. The molecule has 7 heteroatoms. The van der Waals surface area contributed by atoms with Crippen molar-refractivity contribution in [2.45, 2.75) is 38.7 Å². The molecular formula is C13H26ClNO4S. The normalized spacial score (nSPS) is 18.5. The molecule has 1 rings (SSSR count). The van der Waals surface area contributed by atoms with Gasteiger partial charge < -0.3 is 9.47 Å². The summed E-state index contributed by atoms with van der Waals surface area (Å²) < 4.78 is 36.7. The van der Waals surface area contributed by atoms with Crippen molar-refractivity contribution in [1.82, 2.24) is 4.31 Å². The Morgan fingerprint density at radius 1 is 1.20 bits per heavy atom. The van der Waals surface area contributed by atoms with Crippen LogP contribution in [0.15, 0.2) is 0 Å². The molecule has 0 amide bonds. The van der Waals surface area contributed by atoms with Crippen LogP contribution in [0.1, 0.15) is 32.6 Å². The van der Waals surface area contributed by atoms with Gasteiger partial charge in [-0.2, -0.15) is 0 Å². The van der Waals surface area contributed by atoms with Crippen molar-refractivity contribution in [2.75, 3.05) is 44.5 Å². The first-order valence-corrected chi connectivity index (χ1v) is 9.47. The van der Waals surface area contributed by atoms with E-state index in [-0.39, 0.29) is 11.9 Å². The molecule has 0 bridgehead atoms. The fourth-order valence-corrected chi connectivity index (χ4v) is 3.99. The second-order valence-corrected chi connectivity index (χ2v) is 7.34. The van der Waals surface area contributed by atoms with Gasteiger partial charge in [-0.25, -0.2) is 12.7 Å². The Labute approximate surface area is 127 Å². The SMILES string of the molecule is CCOCCOC1CCN(S(=O)(=O)CCCCCl)CC1. The topological polar surface area (TPSA) is 55.8 Å². The van der Waals surface area contributed by atoms with E-state index in [9.17, 15) is 8.42 Å². The number of ether oxygens (including phenoxy) is 2. The average Bonchev–Trinajstić information content (AvgIpc) is 2.44. The van der Waals surface area contributed by atoms with Crippen molar-refractivity contribution in [3.8, 4) is 0 Å². The summed E-state index contributed by atoms with van der Waals surface area (Å²) in [7, 11) is -3.11. The van der Waals surface area contributed by atoms with Crippen molar-refractivity contribution in [1.29, 1.82) is 0 Å². The highest BCUT2D eigenvalue weighted by Crippen LogP contribution is 2.17. The summed E-state index contributed by atoms with van der Waals surface area (Å²) in [6.45, 7) is 4.95. The van der Waals surface area contributed by atoms with Crippen LogP contribution in [0, 0.1) is 0 Å². The van der Waals surface area contributed by atoms with E-state index in [1.54, 1.807) is 4.31 Å². The predicted molar refractivity (Wildman–Crippen MR) is 80.8 cm³/mol. The molecule has 0 spiro atoms. The van der Waals surface area contributed by atoms with Crippen LogP contribution >= 0.6 is 11.6 Å². The minimum Gasteiger partial charge on any atom is -0.379 e. The Morgan fingerprint density at radius 2 is 1.90 bits per heavy atom. The van der Waals surface area contributed by atoms with E-state index in [2.05, 4.69) is 0 Å². The van der Waals surface area contributed by atoms with Gasteiger partial charge in [0.25, 0.3) is 0 Å². The van der Waals surface area contributed by atoms with Crippen molar-refractivity contribution in [3.05, 3.63) is 0 Å². The number of hydrogen-bond donors (Lipinski definition) is 0. The van der Waals surface area contributed by atoms with Crippen LogP contribution in [0.5, 0.6) is 0 Å². The van der Waals surface area contributed by atoms with E-state index in [4.69, 9.17) is 21.1 Å². The Hall–Kier alpha value is 0.120. The van der Waals surface area contributed by atoms with E-state index in [0.717, 1.165) is 19.3 Å². The van der Waals surface area contributed by atoms with Gasteiger partial charge in [0.05, 0.1) is 25.1 Å². The molecule has 1 saturated heterocycles. The monoisotopic (exact) mass is 327 g/mol. The molecule has 120 valence electrons. The third-order valence-electron chi connectivity index (χ3n) is 3.37. The molecule has 1 fully saturated rings. The molecular weight excluding hydrogens is 302 g/mol. The molecule has 0 aromatic heterocycles. The third kappa shape index (κ3) is 6.72. The minimum atomic E-state index is -3.11. The first-order valence-electron chi connectivity index (χ1n) is 7.33. The molecule has 0 aromatic rings. The van der Waals surface area contributed by atoms with Gasteiger partial charge in [-0.15, -0.1) is 11.6 Å². The van der Waals surface area contributed by atoms with Crippen LogP contribution < -0.4 is 0 Å². The van der Waals surface area contributed by atoms with Gasteiger partial charge >= 0.3 is 0 Å². The van der Waals surface area contributed by atoms with E-state index < -0.39 is 10.0 Å². The lowest BCUT2D eigenvalue weighted by molar-refractivity contribution is -0.0121. The number of sulfonamides is 1. The van der Waals surface area contributed by atoms with Crippen molar-refractivity contribution >= 4 is 21.6 Å². The molecule has 0 atom stereocenters. The smallest absolute Gasteiger partial charge is 0.214 e. The standard InChI is InChI=1S/C13H26ClNO4S/c1-2-18-10-11-19-13-5-8-15(9-6-13)20(16,17)12-4-3-7-14/h13H,2-12H2,1H3. The summed E-state index contributed by atoms with van der Waals surface area (Å²) >= 11 is 5.57. The largest absolute Gasteiger partial charge is 0.379 e. The van der Waals surface area contributed by atoms with Crippen LogP contribution in [-0.2, 0) is 19.5 Å². The van der Waals surface area contributed by atoms with Gasteiger partial charge in [0.1, 0.15) is 0 Å². The van der Waals surface area contributed by atoms with Crippen LogP contribution in [0.3, 0.4) is 0 Å². The van der Waals surface area contributed by atoms with Gasteiger partial charge in [-0.3, -0.25) is 0 Å². The summed E-state index contributed by atoms with van der Waals surface area (Å²) in [5.74, 6) is 0.723. The number of piperidine rings is 1. The third-order valence-corrected chi connectivity index (χ3v) is 5.59. The maximum absolute atomic E-state index is 12.1. The van der Waals surface area contributed by atoms with Crippen molar-refractivity contribution < 1.29 is 17.9 Å². The summed E-state index contributed by atoms with van der Waals surface area (Å²) in [4.78, 5) is 0. The Balaban J connectivity index is 2.23. The molecule has 20 heavy (non-hydrogen) atoms. The van der Waals surface area contributed by atoms with E-state index in [1.165, 1.54) is 0 Å². The zero-order valence-electron chi connectivity index (χ0n) is 12.2. The highest BCUT2D eigenvalue weighted by molar-refractivity contribution is 7.89. The summed E-state index contributed by atoms with van der Waals surface area (Å²) in [6, 6.07) is 0. The second-order valence-electron chi connectivity index (χ2n) is 4.88. The lowest BCUT2D eigenvalue weighted by atomic mass is 10.1. The maximum Gasteiger partial charge on any atom is 0.214 e. The van der Waals surface area contributed by atoms with E-state index >= 15 is 0 Å². The van der Waals surface area contributed by atoms with Crippen LogP contribution in [0.2, 0.25) is 0 Å². The maximum atomic E-state index is 12.1. The van der Waals surface area contributed by atoms with Gasteiger partial charge in [0.15, 0.2) is 0 Å². The molecule has 1 aliphatic heterocycles. The van der Waals surface area contributed by atoms with E-state index in [0.29, 0.717) is 45.2 Å². The molecule has 1 heterocycles. The Morgan fingerprint density at radius 3 is 2.50 bits per heavy atom. The molecule has 0 saturated carbocycles. The van der Waals surface area contributed by atoms with Crippen LogP contribution in [-0.4, -0.2) is 63.4 Å². The van der Waals surface area contributed by atoms with Gasteiger partial charge in [0, 0.05) is 25.6 Å². The molecule has 0 radical (unpaired) electrons.